The molecule has 0 aliphatic rings. The number of aromatic nitrogens is 3. The van der Waals surface area contributed by atoms with Crippen molar-refractivity contribution < 1.29 is 13.3 Å². The second kappa shape index (κ2) is 15.6. The number of fused-ring (bicyclic) bond motifs is 1. The van der Waals surface area contributed by atoms with Crippen molar-refractivity contribution in [3.63, 3.8) is 0 Å². The number of pyridine rings is 1. The number of para-hydroxylation sites is 1. The highest BCUT2D eigenvalue weighted by atomic mass is 16.3. The summed E-state index contributed by atoms with van der Waals surface area (Å²) in [5, 5.41) is 12.7. The molecule has 8 aromatic rings. The van der Waals surface area contributed by atoms with Crippen molar-refractivity contribution in [1.29, 1.82) is 0 Å². The van der Waals surface area contributed by atoms with Gasteiger partial charge in [-0.15, -0.1) is 0 Å². The molecule has 2 heterocycles. The standard InChI is InChI=1S/C58H61N3O/c1-55(2,3)43-31-41(30-42(32-43)49-34-40(28-29-59-49)38-22-17-14-18-23-38)45-24-19-25-51-52(45)60-54(46-35-44(56(4,5)6)36-48(53(46)62)58(10,11)12)61(51)50-27-26-39(33-47(50)57(7,8)9)37-20-15-13-16-21-37/h13-36,62H,1-12H3/i10D3,11D3. The minimum atomic E-state index is -3.02. The van der Waals surface area contributed by atoms with Gasteiger partial charge in [0.2, 0.25) is 0 Å². The molecule has 0 unspecified atom stereocenters. The topological polar surface area (TPSA) is 50.9 Å². The minimum Gasteiger partial charge on any atom is -0.507 e. The Morgan fingerprint density at radius 2 is 1.10 bits per heavy atom. The Morgan fingerprint density at radius 1 is 0.484 bits per heavy atom. The van der Waals surface area contributed by atoms with E-state index in [9.17, 15) is 5.11 Å². The van der Waals surface area contributed by atoms with E-state index in [-0.39, 0.29) is 16.5 Å². The number of nitrogens with zero attached hydrogens (tertiary/aromatic N) is 3. The number of imidazole rings is 1. The molecule has 4 heteroatoms. The lowest BCUT2D eigenvalue weighted by Crippen LogP contribution is -2.18. The summed E-state index contributed by atoms with van der Waals surface area (Å²) in [5.74, 6) is -0.0939. The maximum Gasteiger partial charge on any atom is 0.149 e. The zero-order valence-electron chi connectivity index (χ0n) is 43.6. The summed E-state index contributed by atoms with van der Waals surface area (Å²) in [4.78, 5) is 10.4. The largest absolute Gasteiger partial charge is 0.507 e. The highest BCUT2D eigenvalue weighted by Crippen LogP contribution is 2.46. The van der Waals surface area contributed by atoms with Crippen molar-refractivity contribution in [2.45, 2.75) is 105 Å². The van der Waals surface area contributed by atoms with Crippen LogP contribution in [0.4, 0.5) is 0 Å². The van der Waals surface area contributed by atoms with Crippen molar-refractivity contribution in [2.24, 2.45) is 0 Å². The fourth-order valence-electron chi connectivity index (χ4n) is 8.28. The van der Waals surface area contributed by atoms with Crippen LogP contribution >= 0.6 is 0 Å². The molecule has 0 aliphatic heterocycles. The van der Waals surface area contributed by atoms with Crippen LogP contribution in [-0.4, -0.2) is 19.6 Å². The molecule has 2 aromatic heterocycles. The number of hydrogen-bond donors (Lipinski definition) is 1. The van der Waals surface area contributed by atoms with Gasteiger partial charge in [0.05, 0.1) is 28.0 Å². The van der Waals surface area contributed by atoms with E-state index in [0.29, 0.717) is 16.9 Å². The van der Waals surface area contributed by atoms with Crippen LogP contribution in [0.15, 0.2) is 146 Å². The van der Waals surface area contributed by atoms with Gasteiger partial charge in [0.15, 0.2) is 0 Å². The van der Waals surface area contributed by atoms with Gasteiger partial charge in [0.25, 0.3) is 0 Å². The molecular weight excluding hydrogens is 755 g/mol. The molecule has 0 saturated carbocycles. The van der Waals surface area contributed by atoms with Gasteiger partial charge in [-0.3, -0.25) is 9.55 Å². The first kappa shape index (κ1) is 35.3. The third-order valence-corrected chi connectivity index (χ3v) is 11.9. The highest BCUT2D eigenvalue weighted by Gasteiger charge is 2.30. The van der Waals surface area contributed by atoms with Gasteiger partial charge in [-0.25, -0.2) is 4.98 Å². The minimum absolute atomic E-state index is 0.179. The molecule has 0 radical (unpaired) electrons. The quantitative estimate of drug-likeness (QED) is 0.182. The normalized spacial score (nSPS) is 14.4. The Bertz CT molecular complexity index is 3150. The van der Waals surface area contributed by atoms with Crippen molar-refractivity contribution >= 4 is 11.0 Å². The number of benzene rings is 6. The summed E-state index contributed by atoms with van der Waals surface area (Å²) in [5.41, 5.74) is 9.15. The maximum atomic E-state index is 12.7. The van der Waals surface area contributed by atoms with E-state index in [1.54, 1.807) is 6.07 Å². The summed E-state index contributed by atoms with van der Waals surface area (Å²) in [6, 6.07) is 47.1. The molecule has 0 atom stereocenters. The summed E-state index contributed by atoms with van der Waals surface area (Å²) >= 11 is 0. The average molecular weight is 822 g/mol. The van der Waals surface area contributed by atoms with E-state index in [1.807, 2.05) is 87.6 Å². The van der Waals surface area contributed by atoms with Crippen molar-refractivity contribution in [1.82, 2.24) is 14.5 Å². The molecule has 62 heavy (non-hydrogen) atoms. The first-order chi connectivity index (χ1) is 31.7. The van der Waals surface area contributed by atoms with Crippen molar-refractivity contribution in [3.8, 4) is 67.5 Å². The third-order valence-electron chi connectivity index (χ3n) is 11.9. The lowest BCUT2D eigenvalue weighted by atomic mass is 9.78. The second-order valence-electron chi connectivity index (χ2n) is 19.9. The van der Waals surface area contributed by atoms with Gasteiger partial charge < -0.3 is 5.11 Å². The fourth-order valence-corrected chi connectivity index (χ4v) is 8.28. The van der Waals surface area contributed by atoms with E-state index in [2.05, 4.69) is 119 Å². The average Bonchev–Trinajstić information content (AvgIpc) is 3.67. The highest BCUT2D eigenvalue weighted by molar-refractivity contribution is 5.97. The predicted molar refractivity (Wildman–Crippen MR) is 263 cm³/mol. The molecule has 0 saturated heterocycles. The van der Waals surface area contributed by atoms with E-state index in [0.717, 1.165) is 67.0 Å². The molecule has 4 nitrogen and oxygen atoms in total. The van der Waals surface area contributed by atoms with Crippen LogP contribution in [0.3, 0.4) is 0 Å². The van der Waals surface area contributed by atoms with Gasteiger partial charge in [0, 0.05) is 31.1 Å². The Balaban J connectivity index is 1.49. The van der Waals surface area contributed by atoms with Crippen LogP contribution in [0.5, 0.6) is 5.75 Å². The van der Waals surface area contributed by atoms with Gasteiger partial charge >= 0.3 is 0 Å². The van der Waals surface area contributed by atoms with E-state index >= 15 is 0 Å². The van der Waals surface area contributed by atoms with Crippen LogP contribution in [0.1, 0.15) is 113 Å². The number of aromatic hydroxyl groups is 1. The van der Waals surface area contributed by atoms with Crippen molar-refractivity contribution in [3.05, 3.63) is 168 Å². The summed E-state index contributed by atoms with van der Waals surface area (Å²) in [7, 11) is 0. The van der Waals surface area contributed by atoms with E-state index in [1.165, 1.54) is 6.92 Å². The first-order valence-electron chi connectivity index (χ1n) is 24.5. The molecule has 0 fully saturated rings. The Morgan fingerprint density at radius 3 is 1.71 bits per heavy atom. The van der Waals surface area contributed by atoms with E-state index < -0.39 is 35.7 Å². The summed E-state index contributed by atoms with van der Waals surface area (Å²) in [6.45, 7) is 14.2. The van der Waals surface area contributed by atoms with Crippen LogP contribution in [0.25, 0.3) is 72.7 Å². The molecule has 0 aliphatic carbocycles. The van der Waals surface area contributed by atoms with E-state index in [4.69, 9.17) is 18.2 Å². The molecule has 314 valence electrons. The molecule has 1 N–H and O–H groups in total. The number of phenols is 1. The maximum absolute atomic E-state index is 12.7. The first-order valence-corrected chi connectivity index (χ1v) is 21.5. The zero-order chi connectivity index (χ0) is 49.4. The van der Waals surface area contributed by atoms with Gasteiger partial charge in [0.1, 0.15) is 11.6 Å². The molecule has 8 rings (SSSR count). The smallest absolute Gasteiger partial charge is 0.149 e. The zero-order valence-corrected chi connectivity index (χ0v) is 37.6. The molecular formula is C58H61N3O. The van der Waals surface area contributed by atoms with Crippen molar-refractivity contribution in [2.75, 3.05) is 0 Å². The Hall–Kier alpha value is -6.26. The fraction of sp³-hybridized carbons (Fsp3) is 0.276. The lowest BCUT2D eigenvalue weighted by molar-refractivity contribution is 0.446. The van der Waals surface area contributed by atoms with Crippen LogP contribution in [0.2, 0.25) is 0 Å². The Kier molecular flexibility index (Phi) is 8.88. The summed E-state index contributed by atoms with van der Waals surface area (Å²) in [6.07, 6.45) is 1.85. The lowest BCUT2D eigenvalue weighted by Gasteiger charge is -2.28. The van der Waals surface area contributed by atoms with Crippen LogP contribution in [0, 0.1) is 0 Å². The SMILES string of the molecule is [2H]C([2H])([2H])C(C)(c1cc(C(C)(C)C)cc(-c2nc3c(-c4cc(-c5cc(-c6ccccc6)ccn5)cc(C(C)(C)C)c4)cccc3n2-c2ccc(-c3ccccc3)cc2C(C)(C)C)c1O)C([2H])([2H])[2H]. The molecule has 0 spiro atoms. The third kappa shape index (κ3) is 8.23. The monoisotopic (exact) mass is 822 g/mol. The molecule has 6 aromatic carbocycles. The van der Waals surface area contributed by atoms with Crippen LogP contribution < -0.4 is 0 Å². The number of phenolic OH excluding ortho intramolecular Hbond substituents is 1. The number of rotatable bonds is 6. The van der Waals surface area contributed by atoms with Crippen LogP contribution in [-0.2, 0) is 21.7 Å². The summed E-state index contributed by atoms with van der Waals surface area (Å²) < 4.78 is 54.2. The predicted octanol–water partition coefficient (Wildman–Crippen LogP) is 15.7. The van der Waals surface area contributed by atoms with Gasteiger partial charge in [-0.2, -0.15) is 0 Å². The Labute approximate surface area is 377 Å². The van der Waals surface area contributed by atoms with Gasteiger partial charge in [-0.05, 0) is 115 Å². The molecule has 0 bridgehead atoms. The second-order valence-corrected chi connectivity index (χ2v) is 19.9. The van der Waals surface area contributed by atoms with Gasteiger partial charge in [-0.1, -0.05) is 174 Å². The number of hydrogen-bond acceptors (Lipinski definition) is 3. The molecule has 0 amide bonds.